The predicted molar refractivity (Wildman–Crippen MR) is 91.4 cm³/mol. The van der Waals surface area contributed by atoms with Crippen LogP contribution in [0, 0.1) is 10.1 Å². The molecule has 0 amide bonds. The van der Waals surface area contributed by atoms with Crippen molar-refractivity contribution in [1.29, 1.82) is 0 Å². The Bertz CT molecular complexity index is 915. The molecule has 0 radical (unpaired) electrons. The van der Waals surface area contributed by atoms with E-state index in [0.29, 0.717) is 5.56 Å². The highest BCUT2D eigenvalue weighted by molar-refractivity contribution is 5.80. The van der Waals surface area contributed by atoms with E-state index in [1.807, 2.05) is 18.2 Å². The fourth-order valence-corrected chi connectivity index (χ4v) is 3.38. The minimum atomic E-state index is -0.315. The molecule has 0 bridgehead atoms. The molecule has 3 aromatic carbocycles. The van der Waals surface area contributed by atoms with Gasteiger partial charge in [0.2, 0.25) is 0 Å². The average Bonchev–Trinajstić information content (AvgIpc) is 2.61. The van der Waals surface area contributed by atoms with Crippen molar-refractivity contribution in [2.24, 2.45) is 0 Å². The van der Waals surface area contributed by atoms with Crippen molar-refractivity contribution in [3.63, 3.8) is 0 Å². The third-order valence-electron chi connectivity index (χ3n) is 4.49. The third kappa shape index (κ3) is 2.30. The summed E-state index contributed by atoms with van der Waals surface area (Å²) in [5.74, 6) is 0. The van der Waals surface area contributed by atoms with E-state index in [4.69, 9.17) is 0 Å². The van der Waals surface area contributed by atoms with Gasteiger partial charge in [0.1, 0.15) is 0 Å². The molecule has 0 N–H and O–H groups in total. The summed E-state index contributed by atoms with van der Waals surface area (Å²) in [6.45, 7) is 0. The highest BCUT2D eigenvalue weighted by Crippen LogP contribution is 2.37. The number of benzene rings is 3. The molecule has 0 aliphatic heterocycles. The predicted octanol–water partition coefficient (Wildman–Crippen LogP) is 5.03. The molecule has 0 saturated carbocycles. The molecule has 3 heteroatoms. The molecule has 1 aliphatic carbocycles. The number of nitro benzene ring substituents is 1. The number of hydrogen-bond donors (Lipinski definition) is 0. The monoisotopic (exact) mass is 301 g/mol. The minimum absolute atomic E-state index is 0.156. The molecule has 23 heavy (non-hydrogen) atoms. The van der Waals surface area contributed by atoms with Gasteiger partial charge in [0.25, 0.3) is 5.69 Å². The second kappa shape index (κ2) is 5.36. The minimum Gasteiger partial charge on any atom is -0.258 e. The van der Waals surface area contributed by atoms with Gasteiger partial charge in [0.05, 0.1) is 10.5 Å². The molecule has 0 atom stereocenters. The van der Waals surface area contributed by atoms with Crippen LogP contribution in [0.3, 0.4) is 0 Å². The number of hydrogen-bond acceptors (Lipinski definition) is 2. The maximum atomic E-state index is 11.3. The van der Waals surface area contributed by atoms with Crippen molar-refractivity contribution >= 4 is 5.69 Å². The zero-order valence-corrected chi connectivity index (χ0v) is 12.5. The number of para-hydroxylation sites is 1. The summed E-state index contributed by atoms with van der Waals surface area (Å²) < 4.78 is 0. The lowest BCUT2D eigenvalue weighted by atomic mass is 9.84. The molecule has 0 saturated heterocycles. The van der Waals surface area contributed by atoms with Gasteiger partial charge in [-0.3, -0.25) is 10.1 Å². The Morgan fingerprint density at radius 3 is 2.22 bits per heavy atom. The van der Waals surface area contributed by atoms with E-state index in [1.54, 1.807) is 12.1 Å². The van der Waals surface area contributed by atoms with Gasteiger partial charge in [0.15, 0.2) is 0 Å². The Labute approximate surface area is 134 Å². The van der Waals surface area contributed by atoms with Gasteiger partial charge < -0.3 is 0 Å². The lowest BCUT2D eigenvalue weighted by molar-refractivity contribution is -0.384. The smallest absolute Gasteiger partial charge is 0.258 e. The molecule has 0 fully saturated rings. The second-order valence-corrected chi connectivity index (χ2v) is 5.80. The topological polar surface area (TPSA) is 43.1 Å². The second-order valence-electron chi connectivity index (χ2n) is 5.80. The van der Waals surface area contributed by atoms with Gasteiger partial charge in [-0.25, -0.2) is 0 Å². The van der Waals surface area contributed by atoms with Gasteiger partial charge in [-0.15, -0.1) is 0 Å². The highest BCUT2D eigenvalue weighted by Gasteiger charge is 2.19. The first-order chi connectivity index (χ1) is 11.2. The van der Waals surface area contributed by atoms with E-state index in [9.17, 15) is 10.1 Å². The number of nitro groups is 1. The first kappa shape index (κ1) is 13.7. The van der Waals surface area contributed by atoms with E-state index < -0.39 is 0 Å². The van der Waals surface area contributed by atoms with E-state index in [0.717, 1.165) is 18.4 Å². The fraction of sp³-hybridized carbons (Fsp3) is 0.100. The quantitative estimate of drug-likeness (QED) is 0.492. The summed E-state index contributed by atoms with van der Waals surface area (Å²) in [5, 5.41) is 11.3. The maximum absolute atomic E-state index is 11.3. The van der Waals surface area contributed by atoms with Crippen molar-refractivity contribution in [1.82, 2.24) is 0 Å². The van der Waals surface area contributed by atoms with Gasteiger partial charge >= 0.3 is 0 Å². The van der Waals surface area contributed by atoms with E-state index in [-0.39, 0.29) is 10.6 Å². The SMILES string of the molecule is O=[N+]([O-])c1ccccc1-c1ccc2c(c1)CCc1ccccc1-2. The Morgan fingerprint density at radius 1 is 0.739 bits per heavy atom. The zero-order valence-electron chi connectivity index (χ0n) is 12.5. The fourth-order valence-electron chi connectivity index (χ4n) is 3.38. The van der Waals surface area contributed by atoms with E-state index in [2.05, 4.69) is 36.4 Å². The molecule has 112 valence electrons. The number of aryl methyl sites for hydroxylation is 2. The average molecular weight is 301 g/mol. The molecule has 1 aliphatic rings. The van der Waals surface area contributed by atoms with Crippen molar-refractivity contribution in [2.45, 2.75) is 12.8 Å². The summed E-state index contributed by atoms with van der Waals surface area (Å²) in [4.78, 5) is 10.9. The Hall–Kier alpha value is -2.94. The van der Waals surface area contributed by atoms with E-state index >= 15 is 0 Å². The number of nitrogens with zero attached hydrogens (tertiary/aromatic N) is 1. The van der Waals surface area contributed by atoms with Crippen molar-refractivity contribution in [3.05, 3.63) is 88.0 Å². The highest BCUT2D eigenvalue weighted by atomic mass is 16.6. The van der Waals surface area contributed by atoms with Crippen LogP contribution in [0.15, 0.2) is 66.7 Å². The zero-order chi connectivity index (χ0) is 15.8. The van der Waals surface area contributed by atoms with Crippen molar-refractivity contribution in [2.75, 3.05) is 0 Å². The molecular formula is C20H15NO2. The van der Waals surface area contributed by atoms with Crippen LogP contribution >= 0.6 is 0 Å². The summed E-state index contributed by atoms with van der Waals surface area (Å²) in [7, 11) is 0. The van der Waals surface area contributed by atoms with E-state index in [1.165, 1.54) is 22.3 Å². The molecular weight excluding hydrogens is 286 g/mol. The molecule has 0 heterocycles. The maximum Gasteiger partial charge on any atom is 0.277 e. The van der Waals surface area contributed by atoms with Crippen LogP contribution in [0.4, 0.5) is 5.69 Å². The van der Waals surface area contributed by atoms with Crippen LogP contribution in [0.2, 0.25) is 0 Å². The van der Waals surface area contributed by atoms with Gasteiger partial charge in [-0.1, -0.05) is 54.6 Å². The van der Waals surface area contributed by atoms with Crippen LogP contribution in [-0.4, -0.2) is 4.92 Å². The van der Waals surface area contributed by atoms with Gasteiger partial charge in [0, 0.05) is 6.07 Å². The molecule has 0 unspecified atom stereocenters. The van der Waals surface area contributed by atoms with Crippen LogP contribution < -0.4 is 0 Å². The van der Waals surface area contributed by atoms with Crippen molar-refractivity contribution in [3.8, 4) is 22.3 Å². The number of rotatable bonds is 2. The van der Waals surface area contributed by atoms with Crippen LogP contribution in [0.5, 0.6) is 0 Å². The van der Waals surface area contributed by atoms with Crippen LogP contribution in [0.25, 0.3) is 22.3 Å². The first-order valence-corrected chi connectivity index (χ1v) is 7.69. The van der Waals surface area contributed by atoms with Gasteiger partial charge in [-0.2, -0.15) is 0 Å². The summed E-state index contributed by atoms with van der Waals surface area (Å²) in [6.07, 6.45) is 1.99. The number of fused-ring (bicyclic) bond motifs is 3. The largest absolute Gasteiger partial charge is 0.277 e. The normalized spacial score (nSPS) is 12.3. The van der Waals surface area contributed by atoms with Crippen LogP contribution in [0.1, 0.15) is 11.1 Å². The summed E-state index contributed by atoms with van der Waals surface area (Å²) >= 11 is 0. The lowest BCUT2D eigenvalue weighted by Crippen LogP contribution is -2.04. The molecule has 3 aromatic rings. The Balaban J connectivity index is 1.85. The molecule has 0 aromatic heterocycles. The summed E-state index contributed by atoms with van der Waals surface area (Å²) in [6, 6.07) is 21.6. The van der Waals surface area contributed by atoms with Crippen LogP contribution in [-0.2, 0) is 12.8 Å². The molecule has 3 nitrogen and oxygen atoms in total. The molecule has 0 spiro atoms. The third-order valence-corrected chi connectivity index (χ3v) is 4.49. The standard InChI is InChI=1S/C20H15NO2/c22-21(23)20-8-4-3-7-19(20)16-11-12-18-15(13-16)10-9-14-5-1-2-6-17(14)18/h1-8,11-13H,9-10H2. The first-order valence-electron chi connectivity index (χ1n) is 7.69. The molecule has 4 rings (SSSR count). The summed E-state index contributed by atoms with van der Waals surface area (Å²) in [5.41, 5.74) is 6.91. The van der Waals surface area contributed by atoms with Crippen molar-refractivity contribution < 1.29 is 4.92 Å². The lowest BCUT2D eigenvalue weighted by Gasteiger charge is -2.20. The Kier molecular flexibility index (Phi) is 3.19. The van der Waals surface area contributed by atoms with Gasteiger partial charge in [-0.05, 0) is 46.7 Å². The Morgan fingerprint density at radius 2 is 1.39 bits per heavy atom.